The SMILES string of the molecule is CCC(NS(=O)(=O)c1ccc(Cl)s1)C(C(F)(F)F)C(F)(F)F. The van der Waals surface area contributed by atoms with Crippen molar-refractivity contribution in [3.05, 3.63) is 16.5 Å². The van der Waals surface area contributed by atoms with Gasteiger partial charge in [0.05, 0.1) is 4.34 Å². The molecule has 0 aliphatic carbocycles. The first-order valence-electron chi connectivity index (χ1n) is 5.70. The summed E-state index contributed by atoms with van der Waals surface area (Å²) < 4.78 is 101. The summed E-state index contributed by atoms with van der Waals surface area (Å²) in [6.45, 7) is 1.03. The van der Waals surface area contributed by atoms with E-state index in [4.69, 9.17) is 11.6 Å². The molecule has 0 fully saturated rings. The quantitative estimate of drug-likeness (QED) is 0.767. The zero-order valence-corrected chi connectivity index (χ0v) is 13.2. The molecule has 12 heteroatoms. The first kappa shape index (κ1) is 19.5. The molecule has 1 unspecified atom stereocenters. The number of thiophene rings is 1. The molecule has 3 nitrogen and oxygen atoms in total. The van der Waals surface area contributed by atoms with Crippen LogP contribution in [0.5, 0.6) is 0 Å². The number of hydrogen-bond acceptors (Lipinski definition) is 3. The van der Waals surface area contributed by atoms with Gasteiger partial charge in [-0.2, -0.15) is 26.3 Å². The standard InChI is InChI=1S/C10H10ClF6NO2S2/c1-2-5(8(9(12,13)14)10(15,16)17)18-22(19,20)7-4-3-6(11)21-7/h3-5,8,18H,2H2,1H3. The fraction of sp³-hybridized carbons (Fsp3) is 0.600. The number of rotatable bonds is 5. The van der Waals surface area contributed by atoms with Gasteiger partial charge in [0.25, 0.3) is 0 Å². The van der Waals surface area contributed by atoms with Gasteiger partial charge in [0.2, 0.25) is 10.0 Å². The first-order chi connectivity index (χ1) is 9.79. The Morgan fingerprint density at radius 3 is 2.00 bits per heavy atom. The minimum Gasteiger partial charge on any atom is -0.206 e. The van der Waals surface area contributed by atoms with Crippen molar-refractivity contribution >= 4 is 33.0 Å². The molecule has 0 saturated carbocycles. The number of hydrogen-bond donors (Lipinski definition) is 1. The molecule has 0 saturated heterocycles. The van der Waals surface area contributed by atoms with Gasteiger partial charge in [0.1, 0.15) is 4.21 Å². The molecule has 1 heterocycles. The van der Waals surface area contributed by atoms with E-state index in [1.807, 2.05) is 0 Å². The summed E-state index contributed by atoms with van der Waals surface area (Å²) in [5.74, 6) is -3.80. The molecule has 128 valence electrons. The predicted molar refractivity (Wildman–Crippen MR) is 69.3 cm³/mol. The van der Waals surface area contributed by atoms with E-state index in [1.165, 1.54) is 10.8 Å². The summed E-state index contributed by atoms with van der Waals surface area (Å²) >= 11 is 6.04. The van der Waals surface area contributed by atoms with Crippen molar-refractivity contribution in [2.24, 2.45) is 5.92 Å². The lowest BCUT2D eigenvalue weighted by Gasteiger charge is -2.30. The summed E-state index contributed by atoms with van der Waals surface area (Å²) in [6, 6.07) is -0.198. The summed E-state index contributed by atoms with van der Waals surface area (Å²) in [6.07, 6.45) is -12.0. The Labute approximate surface area is 131 Å². The van der Waals surface area contributed by atoms with Crippen molar-refractivity contribution in [2.45, 2.75) is 35.9 Å². The van der Waals surface area contributed by atoms with E-state index in [9.17, 15) is 34.8 Å². The van der Waals surface area contributed by atoms with E-state index in [2.05, 4.69) is 0 Å². The van der Waals surface area contributed by atoms with Crippen molar-refractivity contribution in [2.75, 3.05) is 0 Å². The molecule has 0 aliphatic heterocycles. The van der Waals surface area contributed by atoms with Crippen LogP contribution < -0.4 is 4.72 Å². The fourth-order valence-corrected chi connectivity index (χ4v) is 4.56. The number of halogens is 7. The molecule has 1 N–H and O–H groups in total. The molecular formula is C10H10ClF6NO2S2. The highest BCUT2D eigenvalue weighted by molar-refractivity contribution is 7.91. The second-order valence-corrected chi connectivity index (χ2v) is 7.91. The normalized spacial score (nSPS) is 15.3. The predicted octanol–water partition coefficient (Wildman–Crippen LogP) is 4.20. The average Bonchev–Trinajstić information content (AvgIpc) is 2.71. The largest absolute Gasteiger partial charge is 0.402 e. The molecule has 0 aromatic carbocycles. The Bertz CT molecular complexity index is 596. The zero-order chi connectivity index (χ0) is 17.3. The van der Waals surface area contributed by atoms with Gasteiger partial charge in [0, 0.05) is 6.04 Å². The van der Waals surface area contributed by atoms with Crippen LogP contribution in [0.4, 0.5) is 26.3 Å². The van der Waals surface area contributed by atoms with E-state index >= 15 is 0 Å². The highest BCUT2D eigenvalue weighted by atomic mass is 35.5. The van der Waals surface area contributed by atoms with Crippen molar-refractivity contribution in [3.63, 3.8) is 0 Å². The third kappa shape index (κ3) is 4.74. The summed E-state index contributed by atoms with van der Waals surface area (Å²) in [4.78, 5) is 0. The van der Waals surface area contributed by atoms with Crippen LogP contribution in [-0.2, 0) is 10.0 Å². The zero-order valence-electron chi connectivity index (χ0n) is 10.8. The van der Waals surface area contributed by atoms with Gasteiger partial charge in [0.15, 0.2) is 5.92 Å². The maximum atomic E-state index is 12.7. The fourth-order valence-electron chi connectivity index (χ4n) is 1.73. The lowest BCUT2D eigenvalue weighted by molar-refractivity contribution is -0.290. The van der Waals surface area contributed by atoms with Gasteiger partial charge < -0.3 is 0 Å². The van der Waals surface area contributed by atoms with Crippen LogP contribution in [0.2, 0.25) is 4.34 Å². The van der Waals surface area contributed by atoms with Crippen molar-refractivity contribution in [1.29, 1.82) is 0 Å². The maximum Gasteiger partial charge on any atom is 0.402 e. The second kappa shape index (κ2) is 6.54. The highest BCUT2D eigenvalue weighted by Crippen LogP contribution is 2.42. The summed E-state index contributed by atoms with van der Waals surface area (Å²) in [5.41, 5.74) is 0. The van der Waals surface area contributed by atoms with Crippen LogP contribution in [0.15, 0.2) is 16.3 Å². The topological polar surface area (TPSA) is 46.2 Å². The molecule has 1 rings (SSSR count). The summed E-state index contributed by atoms with van der Waals surface area (Å²) in [5, 5.41) is 0. The molecule has 0 amide bonds. The molecule has 0 radical (unpaired) electrons. The van der Waals surface area contributed by atoms with Crippen LogP contribution >= 0.6 is 22.9 Å². The minimum absolute atomic E-state index is 0.0385. The average molecular weight is 390 g/mol. The van der Waals surface area contributed by atoms with Crippen molar-refractivity contribution in [1.82, 2.24) is 4.72 Å². The molecule has 0 spiro atoms. The van der Waals surface area contributed by atoms with Crippen LogP contribution in [0.25, 0.3) is 0 Å². The van der Waals surface area contributed by atoms with Gasteiger partial charge in [-0.15, -0.1) is 11.3 Å². The van der Waals surface area contributed by atoms with Gasteiger partial charge in [-0.05, 0) is 18.6 Å². The molecule has 1 aromatic rings. The van der Waals surface area contributed by atoms with Gasteiger partial charge >= 0.3 is 12.4 Å². The number of nitrogens with one attached hydrogen (secondary N) is 1. The van der Waals surface area contributed by atoms with Crippen LogP contribution in [0, 0.1) is 5.92 Å². The Kier molecular flexibility index (Phi) is 5.80. The Hall–Kier alpha value is -0.520. The third-order valence-corrected chi connectivity index (χ3v) is 5.88. The van der Waals surface area contributed by atoms with Crippen LogP contribution in [-0.4, -0.2) is 26.8 Å². The monoisotopic (exact) mass is 389 g/mol. The Morgan fingerprint density at radius 1 is 1.18 bits per heavy atom. The second-order valence-electron chi connectivity index (χ2n) is 4.26. The van der Waals surface area contributed by atoms with E-state index < -0.39 is 45.0 Å². The first-order valence-corrected chi connectivity index (χ1v) is 8.38. The van der Waals surface area contributed by atoms with Gasteiger partial charge in [-0.25, -0.2) is 13.1 Å². The number of alkyl halides is 6. The maximum absolute atomic E-state index is 12.7. The molecule has 0 aliphatic rings. The molecule has 22 heavy (non-hydrogen) atoms. The smallest absolute Gasteiger partial charge is 0.206 e. The van der Waals surface area contributed by atoms with Crippen LogP contribution in [0.3, 0.4) is 0 Å². The Morgan fingerprint density at radius 2 is 1.68 bits per heavy atom. The Balaban J connectivity index is 3.15. The molecule has 1 atom stereocenters. The highest BCUT2D eigenvalue weighted by Gasteiger charge is 2.60. The van der Waals surface area contributed by atoms with Gasteiger partial charge in [-0.1, -0.05) is 18.5 Å². The van der Waals surface area contributed by atoms with Crippen molar-refractivity contribution < 1.29 is 34.8 Å². The van der Waals surface area contributed by atoms with Crippen molar-refractivity contribution in [3.8, 4) is 0 Å². The molecule has 1 aromatic heterocycles. The van der Waals surface area contributed by atoms with E-state index in [0.717, 1.165) is 13.0 Å². The van der Waals surface area contributed by atoms with Gasteiger partial charge in [-0.3, -0.25) is 0 Å². The van der Waals surface area contributed by atoms with E-state index in [-0.39, 0.29) is 4.34 Å². The van der Waals surface area contributed by atoms with E-state index in [0.29, 0.717) is 11.3 Å². The van der Waals surface area contributed by atoms with E-state index in [1.54, 1.807) is 0 Å². The van der Waals surface area contributed by atoms with Crippen LogP contribution in [0.1, 0.15) is 13.3 Å². The lowest BCUT2D eigenvalue weighted by atomic mass is 9.97. The number of sulfonamides is 1. The molecular weight excluding hydrogens is 380 g/mol. The summed E-state index contributed by atoms with van der Waals surface area (Å²) in [7, 11) is -4.53. The minimum atomic E-state index is -5.63. The molecule has 0 bridgehead atoms. The third-order valence-electron chi connectivity index (χ3n) is 2.67. The lowest BCUT2D eigenvalue weighted by Crippen LogP contribution is -2.52.